The monoisotopic (exact) mass is 308 g/mol. The number of hydrogen-bond donors (Lipinski definition) is 2. The topological polar surface area (TPSA) is 78.1 Å². The number of fused-ring (bicyclic) bond motifs is 1. The molecular weight excluding hydrogens is 288 g/mol. The van der Waals surface area contributed by atoms with Crippen LogP contribution in [0.4, 0.5) is 0 Å². The zero-order valence-corrected chi connectivity index (χ0v) is 12.9. The summed E-state index contributed by atoms with van der Waals surface area (Å²) >= 11 is 0. The van der Waals surface area contributed by atoms with Gasteiger partial charge in [-0.1, -0.05) is 6.92 Å². The van der Waals surface area contributed by atoms with E-state index in [0.29, 0.717) is 12.5 Å². The highest BCUT2D eigenvalue weighted by atomic mass is 32.2. The number of benzene rings is 1. The van der Waals surface area contributed by atoms with Gasteiger partial charge in [0.05, 0.1) is 22.3 Å². The Morgan fingerprint density at radius 1 is 1.48 bits per heavy atom. The maximum Gasteiger partial charge on any atom is 0.240 e. The predicted molar refractivity (Wildman–Crippen MR) is 81.5 cm³/mol. The highest BCUT2D eigenvalue weighted by molar-refractivity contribution is 7.89. The maximum atomic E-state index is 12.3. The van der Waals surface area contributed by atoms with Gasteiger partial charge in [0.2, 0.25) is 10.0 Å². The molecule has 7 heteroatoms. The van der Waals surface area contributed by atoms with Crippen molar-refractivity contribution >= 4 is 21.1 Å². The van der Waals surface area contributed by atoms with Crippen molar-refractivity contribution in [2.24, 2.45) is 5.92 Å². The maximum absolute atomic E-state index is 12.3. The molecule has 3 rings (SSSR count). The third-order valence-corrected chi connectivity index (χ3v) is 5.50. The van der Waals surface area contributed by atoms with Crippen molar-refractivity contribution in [2.75, 3.05) is 26.2 Å². The third kappa shape index (κ3) is 3.09. The smallest absolute Gasteiger partial charge is 0.240 e. The summed E-state index contributed by atoms with van der Waals surface area (Å²) in [5, 5.41) is 0. The van der Waals surface area contributed by atoms with E-state index < -0.39 is 10.0 Å². The van der Waals surface area contributed by atoms with Gasteiger partial charge in [0.1, 0.15) is 0 Å². The molecule has 0 spiro atoms. The fraction of sp³-hybridized carbons (Fsp3) is 0.500. The molecule has 0 amide bonds. The Morgan fingerprint density at radius 3 is 3.10 bits per heavy atom. The molecule has 1 aliphatic rings. The van der Waals surface area contributed by atoms with Gasteiger partial charge in [-0.3, -0.25) is 0 Å². The van der Waals surface area contributed by atoms with Gasteiger partial charge in [0.15, 0.2) is 0 Å². The number of aromatic amines is 1. The first-order chi connectivity index (χ1) is 10.1. The molecule has 2 heterocycles. The van der Waals surface area contributed by atoms with E-state index in [1.165, 1.54) is 0 Å². The van der Waals surface area contributed by atoms with E-state index in [0.717, 1.165) is 37.1 Å². The van der Waals surface area contributed by atoms with Crippen molar-refractivity contribution in [2.45, 2.75) is 18.2 Å². The van der Waals surface area contributed by atoms with Gasteiger partial charge in [0.25, 0.3) is 0 Å². The SMILES string of the molecule is CCN1CCC(CNS(=O)(=O)c2ccc3nc[nH]c3c2)C1. The molecule has 0 saturated carbocycles. The molecule has 0 aliphatic carbocycles. The van der Waals surface area contributed by atoms with Gasteiger partial charge < -0.3 is 9.88 Å². The minimum atomic E-state index is -3.46. The molecule has 1 unspecified atom stereocenters. The minimum absolute atomic E-state index is 0.282. The standard InChI is InChI=1S/C14H20N4O2S/c1-2-18-6-5-11(9-18)8-17-21(19,20)12-3-4-13-14(7-12)16-10-15-13/h3-4,7,10-11,17H,2,5-6,8-9H2,1H3,(H,15,16). The number of rotatable bonds is 5. The molecule has 114 valence electrons. The Balaban J connectivity index is 1.68. The van der Waals surface area contributed by atoms with Crippen LogP contribution in [-0.4, -0.2) is 49.5 Å². The summed E-state index contributed by atoms with van der Waals surface area (Å²) in [5.74, 6) is 0.399. The Morgan fingerprint density at radius 2 is 2.33 bits per heavy atom. The fourth-order valence-electron chi connectivity index (χ4n) is 2.76. The number of likely N-dealkylation sites (tertiary alicyclic amines) is 1. The number of H-pyrrole nitrogens is 1. The zero-order valence-electron chi connectivity index (χ0n) is 12.0. The first-order valence-corrected chi connectivity index (χ1v) is 8.72. The number of nitrogens with zero attached hydrogens (tertiary/aromatic N) is 2. The van der Waals surface area contributed by atoms with Crippen molar-refractivity contribution in [3.63, 3.8) is 0 Å². The molecule has 1 saturated heterocycles. The highest BCUT2D eigenvalue weighted by Gasteiger charge is 2.23. The molecule has 0 radical (unpaired) electrons. The molecular formula is C14H20N4O2S. The van der Waals surface area contributed by atoms with Crippen molar-refractivity contribution in [3.8, 4) is 0 Å². The van der Waals surface area contributed by atoms with E-state index in [9.17, 15) is 8.42 Å². The molecule has 0 bridgehead atoms. The average molecular weight is 308 g/mol. The summed E-state index contributed by atoms with van der Waals surface area (Å²) in [6, 6.07) is 4.94. The van der Waals surface area contributed by atoms with Crippen LogP contribution in [0.1, 0.15) is 13.3 Å². The zero-order chi connectivity index (χ0) is 14.9. The van der Waals surface area contributed by atoms with Crippen LogP contribution in [0.3, 0.4) is 0 Å². The van der Waals surface area contributed by atoms with Gasteiger partial charge >= 0.3 is 0 Å². The number of imidazole rings is 1. The van der Waals surface area contributed by atoms with Crippen LogP contribution in [0.15, 0.2) is 29.4 Å². The number of hydrogen-bond acceptors (Lipinski definition) is 4. The van der Waals surface area contributed by atoms with Crippen LogP contribution in [0.25, 0.3) is 11.0 Å². The van der Waals surface area contributed by atoms with Crippen LogP contribution in [0.5, 0.6) is 0 Å². The van der Waals surface area contributed by atoms with Crippen LogP contribution in [-0.2, 0) is 10.0 Å². The van der Waals surface area contributed by atoms with Gasteiger partial charge in [-0.05, 0) is 43.6 Å². The molecule has 1 fully saturated rings. The summed E-state index contributed by atoms with van der Waals surface area (Å²) in [4.78, 5) is 9.65. The van der Waals surface area contributed by atoms with Gasteiger partial charge in [-0.25, -0.2) is 18.1 Å². The first kappa shape index (κ1) is 14.5. The predicted octanol–water partition coefficient (Wildman–Crippen LogP) is 1.18. The first-order valence-electron chi connectivity index (χ1n) is 7.23. The van der Waals surface area contributed by atoms with Crippen LogP contribution < -0.4 is 4.72 Å². The van der Waals surface area contributed by atoms with E-state index in [4.69, 9.17) is 0 Å². The van der Waals surface area contributed by atoms with Crippen molar-refractivity contribution in [1.29, 1.82) is 0 Å². The second kappa shape index (κ2) is 5.75. The molecule has 6 nitrogen and oxygen atoms in total. The molecule has 21 heavy (non-hydrogen) atoms. The second-order valence-electron chi connectivity index (χ2n) is 5.48. The lowest BCUT2D eigenvalue weighted by Gasteiger charge is -2.14. The van der Waals surface area contributed by atoms with E-state index in [1.54, 1.807) is 24.5 Å². The summed E-state index contributed by atoms with van der Waals surface area (Å²) in [6.45, 7) is 5.69. The van der Waals surface area contributed by atoms with Gasteiger partial charge in [-0.2, -0.15) is 0 Å². The third-order valence-electron chi connectivity index (χ3n) is 4.08. The lowest BCUT2D eigenvalue weighted by atomic mass is 10.1. The van der Waals surface area contributed by atoms with Crippen LogP contribution >= 0.6 is 0 Å². The number of sulfonamides is 1. The molecule has 2 aromatic rings. The van der Waals surface area contributed by atoms with Crippen molar-refractivity contribution in [3.05, 3.63) is 24.5 Å². The quantitative estimate of drug-likeness (QED) is 0.869. The van der Waals surface area contributed by atoms with E-state index in [2.05, 4.69) is 26.5 Å². The Hall–Kier alpha value is -1.44. The number of nitrogens with one attached hydrogen (secondary N) is 2. The second-order valence-corrected chi connectivity index (χ2v) is 7.25. The molecule has 1 atom stereocenters. The Labute approximate surface area is 124 Å². The van der Waals surface area contributed by atoms with E-state index in [1.807, 2.05) is 0 Å². The summed E-state index contributed by atoms with van der Waals surface area (Å²) in [5.41, 5.74) is 1.50. The van der Waals surface area contributed by atoms with E-state index in [-0.39, 0.29) is 4.90 Å². The van der Waals surface area contributed by atoms with Crippen molar-refractivity contribution in [1.82, 2.24) is 19.6 Å². The highest BCUT2D eigenvalue weighted by Crippen LogP contribution is 2.18. The average Bonchev–Trinajstić information content (AvgIpc) is 3.13. The molecule has 1 aromatic carbocycles. The van der Waals surface area contributed by atoms with Gasteiger partial charge in [0, 0.05) is 13.1 Å². The van der Waals surface area contributed by atoms with E-state index >= 15 is 0 Å². The molecule has 1 aliphatic heterocycles. The summed E-state index contributed by atoms with van der Waals surface area (Å²) < 4.78 is 27.4. The summed E-state index contributed by atoms with van der Waals surface area (Å²) in [6.07, 6.45) is 2.61. The normalized spacial score (nSPS) is 20.3. The van der Waals surface area contributed by atoms with Crippen LogP contribution in [0, 0.1) is 5.92 Å². The minimum Gasteiger partial charge on any atom is -0.345 e. The largest absolute Gasteiger partial charge is 0.345 e. The van der Waals surface area contributed by atoms with Crippen molar-refractivity contribution < 1.29 is 8.42 Å². The van der Waals surface area contributed by atoms with Gasteiger partial charge in [-0.15, -0.1) is 0 Å². The van der Waals surface area contributed by atoms with Crippen LogP contribution in [0.2, 0.25) is 0 Å². The lowest BCUT2D eigenvalue weighted by Crippen LogP contribution is -2.31. The fourth-order valence-corrected chi connectivity index (χ4v) is 3.90. The molecule has 2 N–H and O–H groups in total. The number of aromatic nitrogens is 2. The molecule has 1 aromatic heterocycles. The summed E-state index contributed by atoms with van der Waals surface area (Å²) in [7, 11) is -3.46. The Bertz CT molecular complexity index is 725. The Kier molecular flexibility index (Phi) is 3.97. The lowest BCUT2D eigenvalue weighted by molar-refractivity contribution is 0.342.